The first kappa shape index (κ1) is 20.3. The second-order valence-electron chi connectivity index (χ2n) is 5.72. The number of hydrogen-bond acceptors (Lipinski definition) is 9. The average Bonchev–Trinajstić information content (AvgIpc) is 2.64. The smallest absolute Gasteiger partial charge is 0.317 e. The van der Waals surface area contributed by atoms with E-state index in [1.807, 2.05) is 6.07 Å². The lowest BCUT2D eigenvalue weighted by Crippen LogP contribution is -2.60. The second kappa shape index (κ2) is 9.60. The molecule has 1 aliphatic heterocycles. The van der Waals surface area contributed by atoms with Crippen LogP contribution in [0.25, 0.3) is 0 Å². The number of methoxy groups -OCH3 is 1. The maximum Gasteiger partial charge on any atom is 0.317 e. The van der Waals surface area contributed by atoms with E-state index >= 15 is 0 Å². The van der Waals surface area contributed by atoms with Crippen LogP contribution in [-0.2, 0) is 35.1 Å². The quantitative estimate of drug-likeness (QED) is 0.413. The minimum absolute atomic E-state index is 0.00775. The molecule has 1 aliphatic rings. The molecule has 9 nitrogen and oxygen atoms in total. The van der Waals surface area contributed by atoms with Gasteiger partial charge in [0.1, 0.15) is 31.3 Å². The van der Waals surface area contributed by atoms with E-state index in [0.29, 0.717) is 0 Å². The Morgan fingerprint density at radius 1 is 1.12 bits per heavy atom. The number of aliphatic hydroxyl groups excluding tert-OH is 3. The third-order valence-corrected chi connectivity index (χ3v) is 3.85. The van der Waals surface area contributed by atoms with Crippen molar-refractivity contribution in [2.45, 2.75) is 43.7 Å². The van der Waals surface area contributed by atoms with Gasteiger partial charge < -0.3 is 34.3 Å². The maximum atomic E-state index is 11.9. The van der Waals surface area contributed by atoms with Gasteiger partial charge >= 0.3 is 11.9 Å². The summed E-state index contributed by atoms with van der Waals surface area (Å²) in [6.45, 7) is -0.561. The van der Waals surface area contributed by atoms with Crippen molar-refractivity contribution in [3.05, 3.63) is 35.9 Å². The topological polar surface area (TPSA) is 132 Å². The van der Waals surface area contributed by atoms with E-state index in [9.17, 15) is 24.9 Å². The molecule has 3 N–H and O–H groups in total. The van der Waals surface area contributed by atoms with Gasteiger partial charge in [0.25, 0.3) is 0 Å². The van der Waals surface area contributed by atoms with Gasteiger partial charge in [-0.2, -0.15) is 0 Å². The normalized spacial score (nSPS) is 28.4. The molecule has 5 atom stereocenters. The molecular formula is C17H22O9. The number of ether oxygens (including phenoxy) is 4. The van der Waals surface area contributed by atoms with E-state index in [-0.39, 0.29) is 6.61 Å². The molecule has 144 valence electrons. The minimum atomic E-state index is -1.48. The highest BCUT2D eigenvalue weighted by molar-refractivity contribution is 5.91. The molecular weight excluding hydrogens is 348 g/mol. The molecule has 1 aromatic rings. The number of esters is 2. The predicted molar refractivity (Wildman–Crippen MR) is 85.5 cm³/mol. The highest BCUT2D eigenvalue weighted by Crippen LogP contribution is 2.24. The third-order valence-electron chi connectivity index (χ3n) is 3.85. The average molecular weight is 370 g/mol. The molecule has 0 amide bonds. The molecule has 0 saturated carbocycles. The highest BCUT2D eigenvalue weighted by atomic mass is 16.7. The molecule has 0 spiro atoms. The van der Waals surface area contributed by atoms with Crippen LogP contribution in [0.2, 0.25) is 0 Å². The molecule has 0 unspecified atom stereocenters. The number of hydrogen-bond donors (Lipinski definition) is 3. The van der Waals surface area contributed by atoms with E-state index < -0.39 is 55.7 Å². The number of carbonyl (C=O) groups excluding carboxylic acids is 2. The summed E-state index contributed by atoms with van der Waals surface area (Å²) in [5.74, 6) is -1.79. The first-order chi connectivity index (χ1) is 12.5. The Labute approximate surface area is 150 Å². The maximum absolute atomic E-state index is 11.9. The minimum Gasteiger partial charge on any atom is -0.460 e. The van der Waals surface area contributed by atoms with Crippen molar-refractivity contribution in [2.75, 3.05) is 13.7 Å². The molecule has 0 bridgehead atoms. The molecule has 1 fully saturated rings. The van der Waals surface area contributed by atoms with E-state index in [0.717, 1.165) is 5.56 Å². The van der Waals surface area contributed by atoms with Crippen molar-refractivity contribution < 1.29 is 43.9 Å². The van der Waals surface area contributed by atoms with Gasteiger partial charge in [-0.05, 0) is 5.56 Å². The zero-order chi connectivity index (χ0) is 19.1. The summed E-state index contributed by atoms with van der Waals surface area (Å²) in [4.78, 5) is 23.7. The van der Waals surface area contributed by atoms with Gasteiger partial charge in [0.05, 0.1) is 6.61 Å². The van der Waals surface area contributed by atoms with Crippen LogP contribution in [0.5, 0.6) is 0 Å². The number of benzene rings is 1. The van der Waals surface area contributed by atoms with Crippen molar-refractivity contribution in [1.29, 1.82) is 0 Å². The van der Waals surface area contributed by atoms with Gasteiger partial charge in [0.15, 0.2) is 12.4 Å². The molecule has 1 saturated heterocycles. The summed E-state index contributed by atoms with van der Waals surface area (Å²) in [6, 6.07) is 8.92. The Hall–Kier alpha value is -2.04. The molecule has 0 aromatic heterocycles. The standard InChI is InChI=1S/C17H22O9/c1-23-17-15(22)16(14(21)11(8-18)25-17)26-13(20)7-12(19)24-9-10-5-3-2-4-6-10/h2-6,11,14-18,21-22H,7-9H2,1H3/t11-,14+,15-,16+,17-/m1/s1. The van der Waals surface area contributed by atoms with E-state index in [2.05, 4.69) is 0 Å². The molecule has 1 heterocycles. The van der Waals surface area contributed by atoms with E-state index in [1.165, 1.54) is 7.11 Å². The molecule has 1 aromatic carbocycles. The largest absolute Gasteiger partial charge is 0.460 e. The summed E-state index contributed by atoms with van der Waals surface area (Å²) >= 11 is 0. The lowest BCUT2D eigenvalue weighted by molar-refractivity contribution is -0.297. The highest BCUT2D eigenvalue weighted by Gasteiger charge is 2.47. The monoisotopic (exact) mass is 370 g/mol. The summed E-state index contributed by atoms with van der Waals surface area (Å²) in [7, 11) is 1.25. The van der Waals surface area contributed by atoms with Crippen molar-refractivity contribution in [1.82, 2.24) is 0 Å². The van der Waals surface area contributed by atoms with Gasteiger partial charge in [0.2, 0.25) is 0 Å². The molecule has 9 heteroatoms. The van der Waals surface area contributed by atoms with Crippen molar-refractivity contribution in [2.24, 2.45) is 0 Å². The lowest BCUT2D eigenvalue weighted by Gasteiger charge is -2.40. The van der Waals surface area contributed by atoms with Gasteiger partial charge in [-0.25, -0.2) is 0 Å². The van der Waals surface area contributed by atoms with Crippen LogP contribution in [0.15, 0.2) is 30.3 Å². The fourth-order valence-corrected chi connectivity index (χ4v) is 2.49. The van der Waals surface area contributed by atoms with Crippen LogP contribution >= 0.6 is 0 Å². The van der Waals surface area contributed by atoms with Crippen molar-refractivity contribution >= 4 is 11.9 Å². The first-order valence-corrected chi connectivity index (χ1v) is 8.00. The molecule has 0 aliphatic carbocycles. The summed E-state index contributed by atoms with van der Waals surface area (Å²) < 4.78 is 20.0. The van der Waals surface area contributed by atoms with Crippen LogP contribution in [0, 0.1) is 0 Å². The lowest BCUT2D eigenvalue weighted by atomic mass is 9.99. The first-order valence-electron chi connectivity index (χ1n) is 8.00. The Bertz CT molecular complexity index is 575. The SMILES string of the molecule is CO[C@@H]1O[C@H](CO)[C@H](O)[C@H](OC(=O)CC(=O)OCc2ccccc2)[C@H]1O. The Kier molecular flexibility index (Phi) is 7.49. The van der Waals surface area contributed by atoms with E-state index in [1.54, 1.807) is 24.3 Å². The van der Waals surface area contributed by atoms with Gasteiger partial charge in [-0.1, -0.05) is 30.3 Å². The summed E-state index contributed by atoms with van der Waals surface area (Å²) in [6.07, 6.45) is -7.37. The Morgan fingerprint density at radius 2 is 1.81 bits per heavy atom. The Balaban J connectivity index is 1.87. The summed E-state index contributed by atoms with van der Waals surface area (Å²) in [5, 5.41) is 29.3. The number of carbonyl (C=O) groups is 2. The van der Waals surface area contributed by atoms with E-state index in [4.69, 9.17) is 18.9 Å². The number of rotatable bonds is 7. The van der Waals surface area contributed by atoms with Crippen LogP contribution in [0.3, 0.4) is 0 Å². The second-order valence-corrected chi connectivity index (χ2v) is 5.72. The third kappa shape index (κ3) is 5.23. The fraction of sp³-hybridized carbons (Fsp3) is 0.529. The molecule has 2 rings (SSSR count). The zero-order valence-corrected chi connectivity index (χ0v) is 14.2. The van der Waals surface area contributed by atoms with Crippen molar-refractivity contribution in [3.63, 3.8) is 0 Å². The van der Waals surface area contributed by atoms with Gasteiger partial charge in [0, 0.05) is 7.11 Å². The Morgan fingerprint density at radius 3 is 2.42 bits per heavy atom. The molecule has 0 radical (unpaired) electrons. The van der Waals surface area contributed by atoms with Crippen LogP contribution in [-0.4, -0.2) is 71.7 Å². The fourth-order valence-electron chi connectivity index (χ4n) is 2.49. The predicted octanol–water partition coefficient (Wildman–Crippen LogP) is -0.883. The van der Waals surface area contributed by atoms with Crippen molar-refractivity contribution in [3.8, 4) is 0 Å². The number of aliphatic hydroxyl groups is 3. The zero-order valence-electron chi connectivity index (χ0n) is 14.2. The van der Waals surface area contributed by atoms with Gasteiger partial charge in [-0.3, -0.25) is 9.59 Å². The summed E-state index contributed by atoms with van der Waals surface area (Å²) in [5.41, 5.74) is 0.762. The van der Waals surface area contributed by atoms with Crippen LogP contribution < -0.4 is 0 Å². The van der Waals surface area contributed by atoms with Crippen LogP contribution in [0.4, 0.5) is 0 Å². The van der Waals surface area contributed by atoms with Gasteiger partial charge in [-0.15, -0.1) is 0 Å². The molecule has 26 heavy (non-hydrogen) atoms. The van der Waals surface area contributed by atoms with Crippen LogP contribution in [0.1, 0.15) is 12.0 Å².